The lowest BCUT2D eigenvalue weighted by atomic mass is 10.2. The van der Waals surface area contributed by atoms with Gasteiger partial charge in [-0.3, -0.25) is 4.79 Å². The number of nitrogens with zero attached hydrogens (tertiary/aromatic N) is 2. The summed E-state index contributed by atoms with van der Waals surface area (Å²) in [6, 6.07) is 9.50. The molecule has 0 radical (unpaired) electrons. The molecular formula is C12H12ClN3O. The lowest BCUT2D eigenvalue weighted by Gasteiger charge is -2.02. The summed E-state index contributed by atoms with van der Waals surface area (Å²) in [7, 11) is 0. The first-order chi connectivity index (χ1) is 8.09. The molecule has 17 heavy (non-hydrogen) atoms. The maximum Gasteiger partial charge on any atom is 0.222 e. The lowest BCUT2D eigenvalue weighted by Crippen LogP contribution is -2.14. The highest BCUT2D eigenvalue weighted by molar-refractivity contribution is 6.30. The van der Waals surface area contributed by atoms with Crippen LogP contribution in [0.15, 0.2) is 30.3 Å². The molecule has 0 saturated carbocycles. The smallest absolute Gasteiger partial charge is 0.222 e. The maximum atomic E-state index is 10.9. The molecule has 0 unspecified atom stereocenters. The van der Waals surface area contributed by atoms with Gasteiger partial charge in [0.25, 0.3) is 0 Å². The summed E-state index contributed by atoms with van der Waals surface area (Å²) in [4.78, 5) is 10.9. The summed E-state index contributed by atoms with van der Waals surface area (Å²) in [5.41, 5.74) is 7.44. The minimum absolute atomic E-state index is 0.109. The average Bonchev–Trinajstić information content (AvgIpc) is 2.58. The van der Waals surface area contributed by atoms with Crippen LogP contribution < -0.4 is 5.73 Å². The van der Waals surface area contributed by atoms with Gasteiger partial charge in [-0.25, -0.2) is 4.68 Å². The molecule has 2 aromatic rings. The summed E-state index contributed by atoms with van der Waals surface area (Å²) in [5, 5.41) is 4.75. The number of para-hydroxylation sites is 1. The second-order valence-corrected chi connectivity index (χ2v) is 4.10. The van der Waals surface area contributed by atoms with Crippen LogP contribution >= 0.6 is 11.6 Å². The Balaban J connectivity index is 2.48. The largest absolute Gasteiger partial charge is 0.369 e. The molecule has 2 N–H and O–H groups in total. The van der Waals surface area contributed by atoms with E-state index in [1.54, 1.807) is 4.68 Å². The molecule has 1 aromatic heterocycles. The fourth-order valence-electron chi connectivity index (χ4n) is 1.65. The number of nitrogens with two attached hydrogens (primary N) is 1. The van der Waals surface area contributed by atoms with Crippen LogP contribution in [0.5, 0.6) is 0 Å². The van der Waals surface area contributed by atoms with E-state index in [1.807, 2.05) is 37.3 Å². The average molecular weight is 250 g/mol. The summed E-state index contributed by atoms with van der Waals surface area (Å²) < 4.78 is 1.61. The van der Waals surface area contributed by atoms with Crippen molar-refractivity contribution >= 4 is 17.5 Å². The van der Waals surface area contributed by atoms with Crippen molar-refractivity contribution in [1.29, 1.82) is 0 Å². The Morgan fingerprint density at radius 3 is 2.65 bits per heavy atom. The van der Waals surface area contributed by atoms with E-state index in [2.05, 4.69) is 5.10 Å². The number of benzene rings is 1. The summed E-state index contributed by atoms with van der Waals surface area (Å²) in [5.74, 6) is -0.414. The highest BCUT2D eigenvalue weighted by Gasteiger charge is 2.15. The first-order valence-electron chi connectivity index (χ1n) is 5.17. The molecule has 0 atom stereocenters. The SMILES string of the molecule is Cc1nn(-c2ccccc2)c(Cl)c1CC(N)=O. The predicted octanol–water partition coefficient (Wildman–Crippen LogP) is 1.86. The van der Waals surface area contributed by atoms with Crippen molar-refractivity contribution < 1.29 is 4.79 Å². The van der Waals surface area contributed by atoms with Gasteiger partial charge in [-0.15, -0.1) is 0 Å². The van der Waals surface area contributed by atoms with Crippen molar-refractivity contribution in [2.45, 2.75) is 13.3 Å². The highest BCUT2D eigenvalue weighted by atomic mass is 35.5. The van der Waals surface area contributed by atoms with E-state index in [9.17, 15) is 4.79 Å². The molecule has 4 nitrogen and oxygen atoms in total. The fourth-order valence-corrected chi connectivity index (χ4v) is 1.99. The number of hydrogen-bond donors (Lipinski definition) is 1. The molecule has 0 saturated heterocycles. The molecule has 2 rings (SSSR count). The summed E-state index contributed by atoms with van der Waals surface area (Å²) in [6.45, 7) is 1.81. The van der Waals surface area contributed by atoms with Gasteiger partial charge in [-0.1, -0.05) is 29.8 Å². The van der Waals surface area contributed by atoms with E-state index in [0.29, 0.717) is 10.7 Å². The van der Waals surface area contributed by atoms with Crippen LogP contribution in [0, 0.1) is 6.92 Å². The summed E-state index contributed by atoms with van der Waals surface area (Å²) in [6.07, 6.45) is 0.109. The molecule has 1 heterocycles. The number of rotatable bonds is 3. The van der Waals surface area contributed by atoms with Gasteiger partial charge >= 0.3 is 0 Å². The fraction of sp³-hybridized carbons (Fsp3) is 0.167. The van der Waals surface area contributed by atoms with E-state index in [0.717, 1.165) is 11.4 Å². The molecule has 1 amide bonds. The zero-order valence-corrected chi connectivity index (χ0v) is 10.1. The van der Waals surface area contributed by atoms with Gasteiger partial charge in [0, 0.05) is 5.56 Å². The van der Waals surface area contributed by atoms with Crippen LogP contribution in [-0.2, 0) is 11.2 Å². The van der Waals surface area contributed by atoms with Crippen LogP contribution in [0.3, 0.4) is 0 Å². The molecule has 0 bridgehead atoms. The number of halogens is 1. The van der Waals surface area contributed by atoms with E-state index in [4.69, 9.17) is 17.3 Å². The van der Waals surface area contributed by atoms with E-state index >= 15 is 0 Å². The van der Waals surface area contributed by atoms with Gasteiger partial charge in [0.2, 0.25) is 5.91 Å². The zero-order valence-electron chi connectivity index (χ0n) is 9.35. The standard InChI is InChI=1S/C12H12ClN3O/c1-8-10(7-11(14)17)12(13)16(15-8)9-5-3-2-4-6-9/h2-6H,7H2,1H3,(H2,14,17). The number of amides is 1. The monoisotopic (exact) mass is 249 g/mol. The van der Waals surface area contributed by atoms with Crippen LogP contribution in [0.2, 0.25) is 5.15 Å². The van der Waals surface area contributed by atoms with Crippen molar-refractivity contribution in [3.63, 3.8) is 0 Å². The Hall–Kier alpha value is -1.81. The minimum Gasteiger partial charge on any atom is -0.369 e. The van der Waals surface area contributed by atoms with Crippen LogP contribution in [0.4, 0.5) is 0 Å². The quantitative estimate of drug-likeness (QED) is 0.903. The molecular weight excluding hydrogens is 238 g/mol. The van der Waals surface area contributed by atoms with Crippen molar-refractivity contribution in [3.05, 3.63) is 46.7 Å². The third-order valence-electron chi connectivity index (χ3n) is 2.47. The Morgan fingerprint density at radius 1 is 1.41 bits per heavy atom. The first kappa shape index (κ1) is 11.7. The molecule has 0 aliphatic carbocycles. The normalized spacial score (nSPS) is 10.5. The molecule has 0 fully saturated rings. The first-order valence-corrected chi connectivity index (χ1v) is 5.55. The van der Waals surface area contributed by atoms with Crippen LogP contribution in [-0.4, -0.2) is 15.7 Å². The van der Waals surface area contributed by atoms with E-state index in [-0.39, 0.29) is 6.42 Å². The Bertz CT molecular complexity index is 548. The van der Waals surface area contributed by atoms with Crippen molar-refractivity contribution in [1.82, 2.24) is 9.78 Å². The minimum atomic E-state index is -0.414. The molecule has 88 valence electrons. The third-order valence-corrected chi connectivity index (χ3v) is 2.86. The number of aryl methyl sites for hydroxylation is 1. The molecule has 0 spiro atoms. The lowest BCUT2D eigenvalue weighted by molar-refractivity contribution is -0.117. The van der Waals surface area contributed by atoms with Gasteiger partial charge in [0.15, 0.2) is 0 Å². The van der Waals surface area contributed by atoms with E-state index in [1.165, 1.54) is 0 Å². The van der Waals surface area contributed by atoms with Gasteiger partial charge < -0.3 is 5.73 Å². The number of hydrogen-bond acceptors (Lipinski definition) is 2. The van der Waals surface area contributed by atoms with Crippen molar-refractivity contribution in [2.24, 2.45) is 5.73 Å². The van der Waals surface area contributed by atoms with Crippen molar-refractivity contribution in [2.75, 3.05) is 0 Å². The maximum absolute atomic E-state index is 10.9. The molecule has 5 heteroatoms. The van der Waals surface area contributed by atoms with Gasteiger partial charge in [-0.2, -0.15) is 5.10 Å². The Kier molecular flexibility index (Phi) is 3.15. The van der Waals surface area contributed by atoms with Crippen LogP contribution in [0.25, 0.3) is 5.69 Å². The Labute approximate surface area is 104 Å². The van der Waals surface area contributed by atoms with Gasteiger partial charge in [-0.05, 0) is 19.1 Å². The number of carbonyl (C=O) groups excluding carboxylic acids is 1. The Morgan fingerprint density at radius 2 is 2.06 bits per heavy atom. The third kappa shape index (κ3) is 2.31. The highest BCUT2D eigenvalue weighted by Crippen LogP contribution is 2.23. The van der Waals surface area contributed by atoms with Gasteiger partial charge in [0.1, 0.15) is 5.15 Å². The number of carbonyl (C=O) groups is 1. The number of aromatic nitrogens is 2. The summed E-state index contributed by atoms with van der Waals surface area (Å²) >= 11 is 6.20. The van der Waals surface area contributed by atoms with E-state index < -0.39 is 5.91 Å². The van der Waals surface area contributed by atoms with Gasteiger partial charge in [0.05, 0.1) is 17.8 Å². The van der Waals surface area contributed by atoms with Crippen LogP contribution in [0.1, 0.15) is 11.3 Å². The second kappa shape index (κ2) is 4.59. The molecule has 1 aromatic carbocycles. The molecule has 0 aliphatic rings. The second-order valence-electron chi connectivity index (χ2n) is 3.75. The molecule has 0 aliphatic heterocycles. The number of primary amides is 1. The predicted molar refractivity (Wildman–Crippen MR) is 66.2 cm³/mol. The van der Waals surface area contributed by atoms with Crippen molar-refractivity contribution in [3.8, 4) is 5.69 Å². The zero-order chi connectivity index (χ0) is 12.4. The topological polar surface area (TPSA) is 60.9 Å².